The van der Waals surface area contributed by atoms with Crippen LogP contribution in [0.4, 0.5) is 0 Å². The Morgan fingerprint density at radius 2 is 2.14 bits per heavy atom. The lowest BCUT2D eigenvalue weighted by Crippen LogP contribution is -2.15. The highest BCUT2D eigenvalue weighted by atomic mass is 16.5. The summed E-state index contributed by atoms with van der Waals surface area (Å²) in [4.78, 5) is 4.71. The number of nitrogens with zero attached hydrogens (tertiary/aromatic N) is 1. The van der Waals surface area contributed by atoms with Gasteiger partial charge in [-0.3, -0.25) is 0 Å². The fraction of sp³-hybridized carbons (Fsp3) is 0.500. The summed E-state index contributed by atoms with van der Waals surface area (Å²) in [7, 11) is 0. The number of hydrogen-bond donors (Lipinski definition) is 1. The molecule has 0 unspecified atom stereocenters. The molecule has 1 saturated carbocycles. The summed E-state index contributed by atoms with van der Waals surface area (Å²) in [5.41, 5.74) is 1.06. The van der Waals surface area contributed by atoms with E-state index in [1.54, 1.807) is 0 Å². The van der Waals surface area contributed by atoms with E-state index in [2.05, 4.69) is 36.5 Å². The molecular weight excluding hydrogens is 260 g/mol. The van der Waals surface area contributed by atoms with E-state index >= 15 is 0 Å². The maximum atomic E-state index is 5.98. The van der Waals surface area contributed by atoms with E-state index in [4.69, 9.17) is 9.72 Å². The predicted octanol–water partition coefficient (Wildman–Crippen LogP) is 3.91. The van der Waals surface area contributed by atoms with E-state index in [0.29, 0.717) is 0 Å². The van der Waals surface area contributed by atoms with Crippen LogP contribution < -0.4 is 10.1 Å². The summed E-state index contributed by atoms with van der Waals surface area (Å²) in [6, 6.07) is 10.5. The summed E-state index contributed by atoms with van der Waals surface area (Å²) in [6.07, 6.45) is 5.05. The molecule has 0 radical (unpaired) electrons. The zero-order chi connectivity index (χ0) is 14.5. The third-order valence-corrected chi connectivity index (χ3v) is 3.95. The second-order valence-electron chi connectivity index (χ2n) is 5.90. The third kappa shape index (κ3) is 3.94. The first-order valence-corrected chi connectivity index (χ1v) is 8.09. The highest BCUT2D eigenvalue weighted by molar-refractivity contribution is 5.87. The second kappa shape index (κ2) is 6.90. The summed E-state index contributed by atoms with van der Waals surface area (Å²) < 4.78 is 5.98. The van der Waals surface area contributed by atoms with E-state index in [0.717, 1.165) is 55.4 Å². The highest BCUT2D eigenvalue weighted by Crippen LogP contribution is 2.32. The first-order valence-electron chi connectivity index (χ1n) is 8.09. The fourth-order valence-electron chi connectivity index (χ4n) is 2.54. The summed E-state index contributed by atoms with van der Waals surface area (Å²) in [5.74, 6) is 1.69. The van der Waals surface area contributed by atoms with Crippen LogP contribution in [0.5, 0.6) is 5.88 Å². The van der Waals surface area contributed by atoms with Crippen molar-refractivity contribution < 1.29 is 4.74 Å². The molecule has 1 aliphatic rings. The average molecular weight is 284 g/mol. The van der Waals surface area contributed by atoms with Crippen molar-refractivity contribution in [2.24, 2.45) is 5.92 Å². The Morgan fingerprint density at radius 1 is 1.29 bits per heavy atom. The van der Waals surface area contributed by atoms with Gasteiger partial charge < -0.3 is 10.1 Å². The first-order chi connectivity index (χ1) is 10.4. The lowest BCUT2D eigenvalue weighted by molar-refractivity contribution is 0.294. The van der Waals surface area contributed by atoms with Gasteiger partial charge in [0.2, 0.25) is 5.88 Å². The summed E-state index contributed by atoms with van der Waals surface area (Å²) >= 11 is 0. The summed E-state index contributed by atoms with van der Waals surface area (Å²) in [6.45, 7) is 4.78. The maximum Gasteiger partial charge on any atom is 0.221 e. The molecule has 0 aliphatic heterocycles. The van der Waals surface area contributed by atoms with E-state index in [9.17, 15) is 0 Å². The number of fused-ring (bicyclic) bond motifs is 1. The van der Waals surface area contributed by atoms with Crippen molar-refractivity contribution in [3.8, 4) is 5.88 Å². The maximum absolute atomic E-state index is 5.98. The van der Waals surface area contributed by atoms with Crippen LogP contribution in [-0.4, -0.2) is 18.1 Å². The van der Waals surface area contributed by atoms with Gasteiger partial charge in [-0.25, -0.2) is 4.98 Å². The number of rotatable bonds is 8. The van der Waals surface area contributed by atoms with Crippen LogP contribution in [0, 0.1) is 5.92 Å². The minimum Gasteiger partial charge on any atom is -0.477 e. The van der Waals surface area contributed by atoms with Crippen molar-refractivity contribution in [1.29, 1.82) is 0 Å². The van der Waals surface area contributed by atoms with Crippen molar-refractivity contribution in [2.75, 3.05) is 13.2 Å². The van der Waals surface area contributed by atoms with E-state index < -0.39 is 0 Å². The van der Waals surface area contributed by atoms with Gasteiger partial charge in [-0.05, 0) is 42.8 Å². The monoisotopic (exact) mass is 284 g/mol. The lowest BCUT2D eigenvalue weighted by atomic mass is 10.1. The number of nitrogens with one attached hydrogen (secondary N) is 1. The molecule has 1 aromatic heterocycles. The standard InChI is InChI=1S/C18H24N2O/c1-2-10-19-13-16-12-15-5-3-4-6-17(15)18(20-16)21-11-9-14-7-8-14/h3-6,12,14,19H,2,7-11,13H2,1H3. The predicted molar refractivity (Wildman–Crippen MR) is 86.6 cm³/mol. The van der Waals surface area contributed by atoms with Crippen LogP contribution in [0.15, 0.2) is 30.3 Å². The molecule has 1 aliphatic carbocycles. The molecule has 112 valence electrons. The SMILES string of the molecule is CCCNCc1cc2ccccc2c(OCCC2CC2)n1. The zero-order valence-corrected chi connectivity index (χ0v) is 12.8. The largest absolute Gasteiger partial charge is 0.477 e. The topological polar surface area (TPSA) is 34.1 Å². The highest BCUT2D eigenvalue weighted by Gasteiger charge is 2.21. The molecule has 0 amide bonds. The van der Waals surface area contributed by atoms with Gasteiger partial charge in [0.1, 0.15) is 0 Å². The van der Waals surface area contributed by atoms with Crippen LogP contribution >= 0.6 is 0 Å². The Kier molecular flexibility index (Phi) is 4.71. The van der Waals surface area contributed by atoms with E-state index in [1.807, 2.05) is 6.07 Å². The quantitative estimate of drug-likeness (QED) is 0.746. The minimum absolute atomic E-state index is 0.785. The number of ether oxygens (including phenoxy) is 1. The molecule has 3 rings (SSSR count). The molecule has 1 aromatic carbocycles. The van der Waals surface area contributed by atoms with Crippen LogP contribution in [-0.2, 0) is 6.54 Å². The summed E-state index contributed by atoms with van der Waals surface area (Å²) in [5, 5.41) is 5.74. The van der Waals surface area contributed by atoms with Gasteiger partial charge in [-0.2, -0.15) is 0 Å². The molecule has 0 bridgehead atoms. The number of hydrogen-bond acceptors (Lipinski definition) is 3. The van der Waals surface area contributed by atoms with Crippen LogP contribution in [0.1, 0.15) is 38.3 Å². The van der Waals surface area contributed by atoms with Crippen molar-refractivity contribution in [1.82, 2.24) is 10.3 Å². The number of benzene rings is 1. The molecule has 3 nitrogen and oxygen atoms in total. The molecule has 1 heterocycles. The van der Waals surface area contributed by atoms with Crippen LogP contribution in [0.25, 0.3) is 10.8 Å². The smallest absolute Gasteiger partial charge is 0.221 e. The van der Waals surface area contributed by atoms with Gasteiger partial charge in [-0.15, -0.1) is 0 Å². The van der Waals surface area contributed by atoms with Gasteiger partial charge in [0.15, 0.2) is 0 Å². The minimum atomic E-state index is 0.785. The normalized spacial score (nSPS) is 14.5. The third-order valence-electron chi connectivity index (χ3n) is 3.95. The van der Waals surface area contributed by atoms with Crippen LogP contribution in [0.3, 0.4) is 0 Å². The Balaban J connectivity index is 1.76. The first kappa shape index (κ1) is 14.3. The lowest BCUT2D eigenvalue weighted by Gasteiger charge is -2.11. The molecule has 3 heteroatoms. The van der Waals surface area contributed by atoms with Gasteiger partial charge in [0, 0.05) is 11.9 Å². The molecule has 1 fully saturated rings. The van der Waals surface area contributed by atoms with E-state index in [-0.39, 0.29) is 0 Å². The Bertz CT molecular complexity index is 593. The molecule has 1 N–H and O–H groups in total. The molecule has 2 aromatic rings. The average Bonchev–Trinajstić information content (AvgIpc) is 3.32. The molecule has 0 saturated heterocycles. The van der Waals surface area contributed by atoms with E-state index in [1.165, 1.54) is 18.2 Å². The van der Waals surface area contributed by atoms with Crippen molar-refractivity contribution in [3.05, 3.63) is 36.0 Å². The van der Waals surface area contributed by atoms with Crippen molar-refractivity contribution >= 4 is 10.8 Å². The Labute approximate surface area is 126 Å². The zero-order valence-electron chi connectivity index (χ0n) is 12.8. The van der Waals surface area contributed by atoms with Crippen molar-refractivity contribution in [3.63, 3.8) is 0 Å². The molecule has 0 spiro atoms. The number of pyridine rings is 1. The van der Waals surface area contributed by atoms with Gasteiger partial charge >= 0.3 is 0 Å². The van der Waals surface area contributed by atoms with Gasteiger partial charge in [0.25, 0.3) is 0 Å². The van der Waals surface area contributed by atoms with Gasteiger partial charge in [-0.1, -0.05) is 38.0 Å². The van der Waals surface area contributed by atoms with Gasteiger partial charge in [0.05, 0.1) is 12.3 Å². The van der Waals surface area contributed by atoms with Crippen LogP contribution in [0.2, 0.25) is 0 Å². The molecule has 21 heavy (non-hydrogen) atoms. The fourth-order valence-corrected chi connectivity index (χ4v) is 2.54. The Morgan fingerprint density at radius 3 is 2.95 bits per heavy atom. The second-order valence-corrected chi connectivity index (χ2v) is 5.90. The Hall–Kier alpha value is -1.61. The number of aromatic nitrogens is 1. The van der Waals surface area contributed by atoms with Crippen molar-refractivity contribution in [2.45, 2.75) is 39.2 Å². The molecular formula is C18H24N2O. The molecule has 0 atom stereocenters.